The average Bonchev–Trinajstić information content (AvgIpc) is 2.48. The predicted octanol–water partition coefficient (Wildman–Crippen LogP) is 3.55. The van der Waals surface area contributed by atoms with E-state index in [9.17, 15) is 0 Å². The number of nitrogens with zero attached hydrogens (tertiary/aromatic N) is 1. The van der Waals surface area contributed by atoms with E-state index in [2.05, 4.69) is 4.98 Å². The summed E-state index contributed by atoms with van der Waals surface area (Å²) in [6.07, 6.45) is 1.75. The molecule has 2 rings (SSSR count). The highest BCUT2D eigenvalue weighted by atomic mass is 35.5. The van der Waals surface area contributed by atoms with Crippen molar-refractivity contribution >= 4 is 11.6 Å². The molecule has 0 aliphatic carbocycles. The fraction of sp³-hybridized carbons (Fsp3) is 0.267. The van der Waals surface area contributed by atoms with Gasteiger partial charge in [-0.2, -0.15) is 0 Å². The molecule has 0 amide bonds. The molecular formula is C15H16ClNO2. The second-order valence-corrected chi connectivity index (χ2v) is 4.37. The van der Waals surface area contributed by atoms with E-state index in [1.807, 2.05) is 36.4 Å². The molecule has 0 fully saturated rings. The van der Waals surface area contributed by atoms with Crippen LogP contribution in [0.15, 0.2) is 42.6 Å². The van der Waals surface area contributed by atoms with Crippen molar-refractivity contribution in [2.45, 2.75) is 19.1 Å². The van der Waals surface area contributed by atoms with E-state index < -0.39 is 0 Å². The molecule has 0 saturated heterocycles. The minimum atomic E-state index is 0.377. The van der Waals surface area contributed by atoms with Crippen LogP contribution in [0.3, 0.4) is 0 Å². The van der Waals surface area contributed by atoms with Crippen LogP contribution in [0.5, 0.6) is 5.75 Å². The number of alkyl halides is 1. The zero-order valence-electron chi connectivity index (χ0n) is 10.8. The third-order valence-corrected chi connectivity index (χ3v) is 3.00. The minimum Gasteiger partial charge on any atom is -0.496 e. The normalized spacial score (nSPS) is 10.4. The summed E-state index contributed by atoms with van der Waals surface area (Å²) in [5.74, 6) is 1.14. The standard InChI is InChI=1S/C15H16ClNO2/c1-18-15-7-14(8-16)17-9-13(15)11-19-10-12-5-3-2-4-6-12/h2-7,9H,8,10-11H2,1H3. The number of aromatic nitrogens is 1. The topological polar surface area (TPSA) is 31.4 Å². The molecule has 3 nitrogen and oxygen atoms in total. The van der Waals surface area contributed by atoms with Gasteiger partial charge in [-0.25, -0.2) is 0 Å². The molecule has 0 aliphatic rings. The van der Waals surface area contributed by atoms with Crippen LogP contribution in [0.25, 0.3) is 0 Å². The summed E-state index contributed by atoms with van der Waals surface area (Å²) >= 11 is 5.74. The third kappa shape index (κ3) is 3.94. The van der Waals surface area contributed by atoms with Gasteiger partial charge in [0.15, 0.2) is 0 Å². The van der Waals surface area contributed by atoms with Gasteiger partial charge in [0.1, 0.15) is 5.75 Å². The molecule has 0 spiro atoms. The van der Waals surface area contributed by atoms with E-state index in [4.69, 9.17) is 21.1 Å². The van der Waals surface area contributed by atoms with Crippen LogP contribution in [0.2, 0.25) is 0 Å². The van der Waals surface area contributed by atoms with Gasteiger partial charge in [-0.1, -0.05) is 30.3 Å². The number of ether oxygens (including phenoxy) is 2. The Morgan fingerprint density at radius 3 is 2.63 bits per heavy atom. The van der Waals surface area contributed by atoms with Crippen LogP contribution in [0.4, 0.5) is 0 Å². The van der Waals surface area contributed by atoms with Gasteiger partial charge < -0.3 is 9.47 Å². The SMILES string of the molecule is COc1cc(CCl)ncc1COCc1ccccc1. The molecule has 0 saturated carbocycles. The van der Waals surface area contributed by atoms with Crippen molar-refractivity contribution in [1.82, 2.24) is 4.98 Å². The number of pyridine rings is 1. The van der Waals surface area contributed by atoms with Crippen molar-refractivity contribution in [1.29, 1.82) is 0 Å². The maximum Gasteiger partial charge on any atom is 0.127 e. The predicted molar refractivity (Wildman–Crippen MR) is 75.3 cm³/mol. The first-order valence-electron chi connectivity index (χ1n) is 6.03. The highest BCUT2D eigenvalue weighted by Crippen LogP contribution is 2.20. The van der Waals surface area contributed by atoms with Gasteiger partial charge in [-0.3, -0.25) is 4.98 Å². The van der Waals surface area contributed by atoms with Crippen LogP contribution < -0.4 is 4.74 Å². The Balaban J connectivity index is 1.96. The summed E-state index contributed by atoms with van der Waals surface area (Å²) in [5.41, 5.74) is 2.87. The first-order valence-corrected chi connectivity index (χ1v) is 6.56. The molecule has 2 aromatic rings. The van der Waals surface area contributed by atoms with Crippen molar-refractivity contribution in [3.05, 3.63) is 59.4 Å². The zero-order chi connectivity index (χ0) is 13.5. The number of halogens is 1. The molecule has 0 bridgehead atoms. The lowest BCUT2D eigenvalue weighted by molar-refractivity contribution is 0.105. The van der Waals surface area contributed by atoms with Gasteiger partial charge in [-0.15, -0.1) is 11.6 Å². The molecule has 4 heteroatoms. The van der Waals surface area contributed by atoms with E-state index in [1.165, 1.54) is 0 Å². The molecule has 0 N–H and O–H groups in total. The van der Waals surface area contributed by atoms with Crippen LogP contribution in [0.1, 0.15) is 16.8 Å². The highest BCUT2D eigenvalue weighted by Gasteiger charge is 2.05. The lowest BCUT2D eigenvalue weighted by Gasteiger charge is -2.10. The van der Waals surface area contributed by atoms with Gasteiger partial charge in [0, 0.05) is 17.8 Å². The van der Waals surface area contributed by atoms with Gasteiger partial charge >= 0.3 is 0 Å². The number of rotatable bonds is 6. The van der Waals surface area contributed by atoms with E-state index in [0.717, 1.165) is 22.6 Å². The van der Waals surface area contributed by atoms with Crippen molar-refractivity contribution < 1.29 is 9.47 Å². The Labute approximate surface area is 118 Å². The molecule has 0 unspecified atom stereocenters. The quantitative estimate of drug-likeness (QED) is 0.757. The molecular weight excluding hydrogens is 262 g/mol. The maximum absolute atomic E-state index is 5.74. The fourth-order valence-corrected chi connectivity index (χ4v) is 1.88. The van der Waals surface area contributed by atoms with Crippen LogP contribution in [-0.2, 0) is 23.8 Å². The van der Waals surface area contributed by atoms with Crippen LogP contribution in [-0.4, -0.2) is 12.1 Å². The molecule has 1 aromatic carbocycles. The van der Waals surface area contributed by atoms with Crippen molar-refractivity contribution in [2.75, 3.05) is 7.11 Å². The second kappa shape index (κ2) is 7.12. The molecule has 1 heterocycles. The number of hydrogen-bond donors (Lipinski definition) is 0. The van der Waals surface area contributed by atoms with E-state index in [1.54, 1.807) is 13.3 Å². The monoisotopic (exact) mass is 277 g/mol. The van der Waals surface area contributed by atoms with Crippen molar-refractivity contribution in [2.24, 2.45) is 0 Å². The molecule has 1 aromatic heterocycles. The second-order valence-electron chi connectivity index (χ2n) is 4.10. The largest absolute Gasteiger partial charge is 0.496 e. The molecule has 19 heavy (non-hydrogen) atoms. The van der Waals surface area contributed by atoms with Crippen molar-refractivity contribution in [3.63, 3.8) is 0 Å². The first kappa shape index (κ1) is 13.8. The Kier molecular flexibility index (Phi) is 5.19. The van der Waals surface area contributed by atoms with Crippen LogP contribution >= 0.6 is 11.6 Å². The first-order chi connectivity index (χ1) is 9.33. The smallest absolute Gasteiger partial charge is 0.127 e. The summed E-state index contributed by atoms with van der Waals surface area (Å²) in [7, 11) is 1.63. The number of hydrogen-bond acceptors (Lipinski definition) is 3. The van der Waals surface area contributed by atoms with Crippen molar-refractivity contribution in [3.8, 4) is 5.75 Å². The molecule has 0 atom stereocenters. The van der Waals surface area contributed by atoms with Crippen LogP contribution in [0, 0.1) is 0 Å². The number of methoxy groups -OCH3 is 1. The van der Waals surface area contributed by atoms with E-state index in [-0.39, 0.29) is 0 Å². The molecule has 0 radical (unpaired) electrons. The maximum atomic E-state index is 5.74. The Hall–Kier alpha value is -1.58. The van der Waals surface area contributed by atoms with E-state index in [0.29, 0.717) is 19.1 Å². The summed E-state index contributed by atoms with van der Waals surface area (Å²) in [6.45, 7) is 1.04. The average molecular weight is 278 g/mol. The summed E-state index contributed by atoms with van der Waals surface area (Å²) in [4.78, 5) is 4.24. The Morgan fingerprint density at radius 1 is 1.16 bits per heavy atom. The summed E-state index contributed by atoms with van der Waals surface area (Å²) in [6, 6.07) is 11.9. The van der Waals surface area contributed by atoms with Gasteiger partial charge in [-0.05, 0) is 5.56 Å². The minimum absolute atomic E-state index is 0.377. The fourth-order valence-electron chi connectivity index (χ4n) is 1.73. The number of benzene rings is 1. The van der Waals surface area contributed by atoms with Gasteiger partial charge in [0.25, 0.3) is 0 Å². The summed E-state index contributed by atoms with van der Waals surface area (Å²) in [5, 5.41) is 0. The van der Waals surface area contributed by atoms with Gasteiger partial charge in [0.2, 0.25) is 0 Å². The highest BCUT2D eigenvalue weighted by molar-refractivity contribution is 6.16. The zero-order valence-corrected chi connectivity index (χ0v) is 11.6. The Bertz CT molecular complexity index is 517. The van der Waals surface area contributed by atoms with Gasteiger partial charge in [0.05, 0.1) is 31.9 Å². The molecule has 100 valence electrons. The third-order valence-electron chi connectivity index (χ3n) is 2.73. The molecule has 0 aliphatic heterocycles. The Morgan fingerprint density at radius 2 is 1.95 bits per heavy atom. The lowest BCUT2D eigenvalue weighted by atomic mass is 10.2. The summed E-state index contributed by atoms with van der Waals surface area (Å²) < 4.78 is 11.0. The van der Waals surface area contributed by atoms with E-state index >= 15 is 0 Å². The lowest BCUT2D eigenvalue weighted by Crippen LogP contribution is -1.99.